The Morgan fingerprint density at radius 1 is 1.62 bits per heavy atom. The van der Waals surface area contributed by atoms with E-state index in [0.29, 0.717) is 16.8 Å². The lowest BCUT2D eigenvalue weighted by atomic mass is 10.3. The van der Waals surface area contributed by atoms with Crippen LogP contribution in [-0.4, -0.2) is 11.7 Å². The molecule has 3 heteroatoms. The summed E-state index contributed by atoms with van der Waals surface area (Å²) < 4.78 is 5.95. The molecule has 2 nitrogen and oxygen atoms in total. The predicted octanol–water partition coefficient (Wildman–Crippen LogP) is 3.11. The van der Waals surface area contributed by atoms with Crippen molar-refractivity contribution in [2.45, 2.75) is 6.92 Å². The van der Waals surface area contributed by atoms with Gasteiger partial charge in [0.1, 0.15) is 22.6 Å². The van der Waals surface area contributed by atoms with Crippen molar-refractivity contribution in [2.24, 2.45) is 0 Å². The van der Waals surface area contributed by atoms with Crippen LogP contribution < -0.4 is 4.74 Å². The molecule has 1 aromatic rings. The Morgan fingerprint density at radius 2 is 2.31 bits per heavy atom. The number of ether oxygens (including phenoxy) is 1. The van der Waals surface area contributed by atoms with Gasteiger partial charge in [-0.3, -0.25) is 0 Å². The molecule has 1 rings (SSSR count). The monoisotopic (exact) mass is 242 g/mol. The van der Waals surface area contributed by atoms with Gasteiger partial charge >= 0.3 is 0 Å². The van der Waals surface area contributed by atoms with Crippen molar-refractivity contribution in [1.82, 2.24) is 0 Å². The van der Waals surface area contributed by atoms with Crippen molar-refractivity contribution < 1.29 is 9.84 Å². The molecule has 0 amide bonds. The third kappa shape index (κ3) is 2.77. The summed E-state index contributed by atoms with van der Waals surface area (Å²) in [4.78, 5) is 0. The third-order valence-corrected chi connectivity index (χ3v) is 2.21. The van der Waals surface area contributed by atoms with Crippen molar-refractivity contribution in [3.63, 3.8) is 0 Å². The van der Waals surface area contributed by atoms with E-state index in [4.69, 9.17) is 4.74 Å². The molecule has 1 aromatic carbocycles. The van der Waals surface area contributed by atoms with E-state index in [1.54, 1.807) is 18.2 Å². The molecule has 0 unspecified atom stereocenters. The van der Waals surface area contributed by atoms with Crippen LogP contribution in [0.1, 0.15) is 6.92 Å². The van der Waals surface area contributed by atoms with Crippen LogP contribution >= 0.6 is 15.9 Å². The summed E-state index contributed by atoms with van der Waals surface area (Å²) in [5, 5.41) is 9.32. The molecule has 0 heterocycles. The lowest BCUT2D eigenvalue weighted by Gasteiger charge is -2.08. The van der Waals surface area contributed by atoms with Gasteiger partial charge in [0.15, 0.2) is 0 Å². The van der Waals surface area contributed by atoms with Gasteiger partial charge in [0.05, 0.1) is 0 Å². The summed E-state index contributed by atoms with van der Waals surface area (Å²) in [5.41, 5.74) is 0.940. The molecule has 1 N–H and O–H groups in total. The number of hydrogen-bond donors (Lipinski definition) is 1. The summed E-state index contributed by atoms with van der Waals surface area (Å²) in [6.07, 6.45) is 0. The van der Waals surface area contributed by atoms with Crippen LogP contribution in [0.4, 0.5) is 0 Å². The molecule has 13 heavy (non-hydrogen) atoms. The van der Waals surface area contributed by atoms with E-state index in [2.05, 4.69) is 22.5 Å². The number of aromatic hydroxyl groups is 1. The number of phenols is 1. The number of halogens is 1. The molecule has 0 aliphatic heterocycles. The Balaban J connectivity index is 2.77. The number of benzene rings is 1. The second-order valence-electron chi connectivity index (χ2n) is 2.84. The topological polar surface area (TPSA) is 29.5 Å². The predicted molar refractivity (Wildman–Crippen MR) is 56.1 cm³/mol. The van der Waals surface area contributed by atoms with E-state index in [9.17, 15) is 5.11 Å². The largest absolute Gasteiger partial charge is 0.507 e. The van der Waals surface area contributed by atoms with Crippen LogP contribution in [0.15, 0.2) is 34.8 Å². The Labute approximate surface area is 86.0 Å². The zero-order valence-electron chi connectivity index (χ0n) is 7.38. The Morgan fingerprint density at radius 3 is 2.92 bits per heavy atom. The zero-order chi connectivity index (χ0) is 9.84. The molecule has 0 aromatic heterocycles. The van der Waals surface area contributed by atoms with Gasteiger partial charge in [0, 0.05) is 0 Å². The van der Waals surface area contributed by atoms with Crippen LogP contribution in [0, 0.1) is 0 Å². The van der Waals surface area contributed by atoms with Gasteiger partial charge in [0.25, 0.3) is 0 Å². The van der Waals surface area contributed by atoms with Crippen LogP contribution in [0.5, 0.6) is 11.5 Å². The lowest BCUT2D eigenvalue weighted by molar-refractivity contribution is 0.347. The first-order valence-electron chi connectivity index (χ1n) is 3.86. The summed E-state index contributed by atoms with van der Waals surface area (Å²) >= 11 is 3.23. The molecule has 0 saturated carbocycles. The number of phenolic OH excluding ortho intramolecular Hbond substituents is 1. The van der Waals surface area contributed by atoms with Crippen molar-refractivity contribution in [1.29, 1.82) is 0 Å². The van der Waals surface area contributed by atoms with E-state index in [1.165, 1.54) is 0 Å². The number of rotatable bonds is 3. The molecule has 0 bridgehead atoms. The van der Waals surface area contributed by atoms with E-state index in [-0.39, 0.29) is 5.75 Å². The first kappa shape index (κ1) is 10.1. The molecule has 0 aliphatic rings. The molecule has 0 fully saturated rings. The summed E-state index contributed by atoms with van der Waals surface area (Å²) in [5.74, 6) is 0.808. The summed E-state index contributed by atoms with van der Waals surface area (Å²) in [6.45, 7) is 6.07. The van der Waals surface area contributed by atoms with Gasteiger partial charge in [-0.2, -0.15) is 0 Å². The van der Waals surface area contributed by atoms with E-state index in [1.807, 2.05) is 6.92 Å². The van der Waals surface area contributed by atoms with Gasteiger partial charge in [0.2, 0.25) is 0 Å². The lowest BCUT2D eigenvalue weighted by Crippen LogP contribution is -1.97. The van der Waals surface area contributed by atoms with Crippen LogP contribution in [0.25, 0.3) is 0 Å². The molecule has 0 radical (unpaired) electrons. The Hall–Kier alpha value is -0.960. The fraction of sp³-hybridized carbons (Fsp3) is 0.200. The average Bonchev–Trinajstić information content (AvgIpc) is 2.07. The smallest absolute Gasteiger partial charge is 0.137 e. The van der Waals surface area contributed by atoms with Crippen molar-refractivity contribution in [3.05, 3.63) is 34.8 Å². The fourth-order valence-electron chi connectivity index (χ4n) is 0.812. The molecule has 0 atom stereocenters. The van der Waals surface area contributed by atoms with Gasteiger partial charge in [-0.25, -0.2) is 0 Å². The standard InChI is InChI=1S/C10H11BrO2/c1-7(2)6-13-9-5-3-4-8(12)10(9)11/h3-5,12H,1,6H2,2H3. The molecule has 0 aliphatic carbocycles. The van der Waals surface area contributed by atoms with E-state index >= 15 is 0 Å². The molecular weight excluding hydrogens is 232 g/mol. The van der Waals surface area contributed by atoms with Crippen LogP contribution in [0.3, 0.4) is 0 Å². The first-order chi connectivity index (χ1) is 6.11. The highest BCUT2D eigenvalue weighted by Gasteiger charge is 2.04. The highest BCUT2D eigenvalue weighted by atomic mass is 79.9. The summed E-state index contributed by atoms with van der Waals surface area (Å²) in [6, 6.07) is 5.11. The van der Waals surface area contributed by atoms with Gasteiger partial charge in [-0.1, -0.05) is 12.6 Å². The maximum absolute atomic E-state index is 9.32. The van der Waals surface area contributed by atoms with Crippen molar-refractivity contribution in [3.8, 4) is 11.5 Å². The fourth-order valence-corrected chi connectivity index (χ4v) is 1.19. The normalized spacial score (nSPS) is 9.69. The van der Waals surface area contributed by atoms with Crippen molar-refractivity contribution in [2.75, 3.05) is 6.61 Å². The Kier molecular flexibility index (Phi) is 3.37. The minimum absolute atomic E-state index is 0.180. The van der Waals surface area contributed by atoms with E-state index in [0.717, 1.165) is 5.57 Å². The molecule has 0 saturated heterocycles. The van der Waals surface area contributed by atoms with Crippen molar-refractivity contribution >= 4 is 15.9 Å². The van der Waals surface area contributed by atoms with Crippen LogP contribution in [0.2, 0.25) is 0 Å². The summed E-state index contributed by atoms with van der Waals surface area (Å²) in [7, 11) is 0. The SMILES string of the molecule is C=C(C)COc1cccc(O)c1Br. The van der Waals surface area contributed by atoms with E-state index < -0.39 is 0 Å². The molecule has 0 spiro atoms. The molecular formula is C10H11BrO2. The molecule has 70 valence electrons. The van der Waals surface area contributed by atoms with Crippen LogP contribution in [-0.2, 0) is 0 Å². The number of hydrogen-bond acceptors (Lipinski definition) is 2. The first-order valence-corrected chi connectivity index (χ1v) is 4.65. The minimum atomic E-state index is 0.180. The second-order valence-corrected chi connectivity index (χ2v) is 3.63. The highest BCUT2D eigenvalue weighted by Crippen LogP contribution is 2.33. The average molecular weight is 243 g/mol. The van der Waals surface area contributed by atoms with Gasteiger partial charge in [-0.05, 0) is 40.6 Å². The zero-order valence-corrected chi connectivity index (χ0v) is 8.97. The maximum Gasteiger partial charge on any atom is 0.137 e. The van der Waals surface area contributed by atoms with Gasteiger partial charge in [-0.15, -0.1) is 0 Å². The van der Waals surface area contributed by atoms with Gasteiger partial charge < -0.3 is 9.84 Å². The minimum Gasteiger partial charge on any atom is -0.507 e. The second kappa shape index (κ2) is 4.33. The quantitative estimate of drug-likeness (QED) is 0.826. The Bertz CT molecular complexity index is 321. The highest BCUT2D eigenvalue weighted by molar-refractivity contribution is 9.10. The maximum atomic E-state index is 9.32. The third-order valence-electron chi connectivity index (χ3n) is 1.42.